The SMILES string of the molecule is CC(C)Cc1cc(NC2CCCC2)c(-c2nn[nH]n2)c(N2CCN(Cc3cccnn3)[C@@H](C)C2)c1. The molecular weight excluding hydrogens is 438 g/mol. The second kappa shape index (κ2) is 10.7. The van der Waals surface area contributed by atoms with Crippen molar-refractivity contribution in [2.24, 2.45) is 5.92 Å². The zero-order chi connectivity index (χ0) is 24.2. The Bertz CT molecular complexity index is 1080. The molecule has 1 saturated carbocycles. The molecule has 2 N–H and O–H groups in total. The standard InChI is InChI=1S/C26H37N9/c1-18(2)13-20-14-23(28-21-7-4-5-8-21)25(26-30-32-33-31-26)24(15-20)35-12-11-34(19(3)16-35)17-22-9-6-10-27-29-22/h6,9-10,14-15,18-19,21,28H,4-5,7-8,11-13,16-17H2,1-3H3,(H,30,31,32,33)/t19-/m0/s1. The fourth-order valence-electron chi connectivity index (χ4n) is 5.51. The van der Waals surface area contributed by atoms with Crippen LogP contribution in [0.5, 0.6) is 0 Å². The number of hydrogen-bond acceptors (Lipinski definition) is 8. The molecule has 2 fully saturated rings. The topological polar surface area (TPSA) is 98.8 Å². The molecule has 9 heteroatoms. The van der Waals surface area contributed by atoms with E-state index in [0.717, 1.165) is 49.5 Å². The van der Waals surface area contributed by atoms with Crippen LogP contribution in [-0.2, 0) is 13.0 Å². The van der Waals surface area contributed by atoms with Crippen molar-refractivity contribution >= 4 is 11.4 Å². The first kappa shape index (κ1) is 23.7. The largest absolute Gasteiger partial charge is 0.382 e. The monoisotopic (exact) mass is 475 g/mol. The summed E-state index contributed by atoms with van der Waals surface area (Å²) in [6.07, 6.45) is 7.78. The Hall–Kier alpha value is -3.07. The van der Waals surface area contributed by atoms with E-state index < -0.39 is 0 Å². The number of nitrogens with one attached hydrogen (secondary N) is 2. The van der Waals surface area contributed by atoms with Gasteiger partial charge in [0.05, 0.1) is 16.9 Å². The molecule has 0 unspecified atom stereocenters. The van der Waals surface area contributed by atoms with Crippen LogP contribution < -0.4 is 10.2 Å². The predicted molar refractivity (Wildman–Crippen MR) is 138 cm³/mol. The van der Waals surface area contributed by atoms with Crippen LogP contribution in [0.15, 0.2) is 30.5 Å². The van der Waals surface area contributed by atoms with E-state index >= 15 is 0 Å². The van der Waals surface area contributed by atoms with Crippen LogP contribution in [0.1, 0.15) is 57.7 Å². The molecule has 5 rings (SSSR count). The molecule has 186 valence electrons. The molecule has 2 aromatic heterocycles. The van der Waals surface area contributed by atoms with Gasteiger partial charge in [-0.1, -0.05) is 26.7 Å². The second-order valence-electron chi connectivity index (χ2n) is 10.5. The summed E-state index contributed by atoms with van der Waals surface area (Å²) in [5.41, 5.74) is 5.78. The van der Waals surface area contributed by atoms with E-state index in [4.69, 9.17) is 0 Å². The average Bonchev–Trinajstić information content (AvgIpc) is 3.55. The summed E-state index contributed by atoms with van der Waals surface area (Å²) in [5.74, 6) is 1.24. The molecule has 2 aliphatic rings. The number of piperazine rings is 1. The van der Waals surface area contributed by atoms with Crippen molar-refractivity contribution in [3.8, 4) is 11.4 Å². The van der Waals surface area contributed by atoms with Crippen LogP contribution in [0, 0.1) is 5.92 Å². The lowest BCUT2D eigenvalue weighted by atomic mass is 9.96. The van der Waals surface area contributed by atoms with E-state index in [0.29, 0.717) is 23.8 Å². The fourth-order valence-corrected chi connectivity index (χ4v) is 5.51. The Morgan fingerprint density at radius 2 is 2.00 bits per heavy atom. The number of H-pyrrole nitrogens is 1. The summed E-state index contributed by atoms with van der Waals surface area (Å²) < 4.78 is 0. The summed E-state index contributed by atoms with van der Waals surface area (Å²) in [7, 11) is 0. The molecule has 0 radical (unpaired) electrons. The van der Waals surface area contributed by atoms with E-state index in [1.165, 1.54) is 36.9 Å². The third-order valence-corrected chi connectivity index (χ3v) is 7.20. The maximum atomic E-state index is 4.42. The highest BCUT2D eigenvalue weighted by molar-refractivity contribution is 5.87. The molecule has 1 atom stereocenters. The number of aromatic amines is 1. The molecule has 0 spiro atoms. The molecule has 35 heavy (non-hydrogen) atoms. The normalized spacial score (nSPS) is 19.5. The third-order valence-electron chi connectivity index (χ3n) is 7.20. The summed E-state index contributed by atoms with van der Waals surface area (Å²) >= 11 is 0. The molecule has 3 heterocycles. The van der Waals surface area contributed by atoms with Crippen molar-refractivity contribution in [3.05, 3.63) is 41.7 Å². The van der Waals surface area contributed by atoms with E-state index in [1.54, 1.807) is 6.20 Å². The van der Waals surface area contributed by atoms with E-state index in [9.17, 15) is 0 Å². The minimum Gasteiger partial charge on any atom is -0.382 e. The zero-order valence-corrected chi connectivity index (χ0v) is 21.1. The Labute approximate surface area is 207 Å². The predicted octanol–water partition coefficient (Wildman–Crippen LogP) is 3.92. The van der Waals surface area contributed by atoms with E-state index in [-0.39, 0.29) is 0 Å². The van der Waals surface area contributed by atoms with Crippen LogP contribution in [0.4, 0.5) is 11.4 Å². The second-order valence-corrected chi connectivity index (χ2v) is 10.5. The van der Waals surface area contributed by atoms with Crippen molar-refractivity contribution in [2.45, 2.75) is 71.5 Å². The Morgan fingerprint density at radius 3 is 2.69 bits per heavy atom. The molecule has 1 aliphatic carbocycles. The van der Waals surface area contributed by atoms with E-state index in [2.05, 4.69) is 84.9 Å². The van der Waals surface area contributed by atoms with Crippen LogP contribution in [0.2, 0.25) is 0 Å². The maximum Gasteiger partial charge on any atom is 0.208 e. The zero-order valence-electron chi connectivity index (χ0n) is 21.1. The first-order chi connectivity index (χ1) is 17.1. The van der Waals surface area contributed by atoms with Crippen molar-refractivity contribution in [2.75, 3.05) is 29.9 Å². The van der Waals surface area contributed by atoms with Crippen molar-refractivity contribution in [1.82, 2.24) is 35.7 Å². The quantitative estimate of drug-likeness (QED) is 0.506. The first-order valence-corrected chi connectivity index (χ1v) is 13.0. The van der Waals surface area contributed by atoms with Crippen LogP contribution >= 0.6 is 0 Å². The van der Waals surface area contributed by atoms with Crippen molar-refractivity contribution in [1.29, 1.82) is 0 Å². The van der Waals surface area contributed by atoms with Crippen LogP contribution in [0.25, 0.3) is 11.4 Å². The van der Waals surface area contributed by atoms with E-state index in [1.807, 2.05) is 6.07 Å². The minimum absolute atomic E-state index is 0.379. The number of anilines is 2. The van der Waals surface area contributed by atoms with Gasteiger partial charge in [-0.25, -0.2) is 0 Å². The highest BCUT2D eigenvalue weighted by atomic mass is 15.5. The molecule has 1 aromatic carbocycles. The third kappa shape index (κ3) is 5.61. The van der Waals surface area contributed by atoms with Gasteiger partial charge in [-0.3, -0.25) is 4.90 Å². The molecule has 9 nitrogen and oxygen atoms in total. The minimum atomic E-state index is 0.379. The van der Waals surface area contributed by atoms with Crippen molar-refractivity contribution in [3.63, 3.8) is 0 Å². The summed E-state index contributed by atoms with van der Waals surface area (Å²) in [6.45, 7) is 10.5. The number of rotatable bonds is 8. The number of aromatic nitrogens is 6. The summed E-state index contributed by atoms with van der Waals surface area (Å²) in [4.78, 5) is 5.00. The number of tetrazole rings is 1. The van der Waals surface area contributed by atoms with Crippen LogP contribution in [0.3, 0.4) is 0 Å². The lowest BCUT2D eigenvalue weighted by Crippen LogP contribution is -2.51. The first-order valence-electron chi connectivity index (χ1n) is 13.0. The average molecular weight is 476 g/mol. The lowest BCUT2D eigenvalue weighted by molar-refractivity contribution is 0.178. The highest BCUT2D eigenvalue weighted by Gasteiger charge is 2.29. The summed E-state index contributed by atoms with van der Waals surface area (Å²) in [5, 5.41) is 27.6. The van der Waals surface area contributed by atoms with Gasteiger partial charge in [-0.15, -0.1) is 10.2 Å². The number of benzene rings is 1. The lowest BCUT2D eigenvalue weighted by Gasteiger charge is -2.41. The Morgan fingerprint density at radius 1 is 1.14 bits per heavy atom. The van der Waals surface area contributed by atoms with Gasteiger partial charge in [0.1, 0.15) is 0 Å². The maximum absolute atomic E-state index is 4.42. The fraction of sp³-hybridized carbons (Fsp3) is 0.577. The summed E-state index contributed by atoms with van der Waals surface area (Å²) in [6, 6.07) is 9.57. The highest BCUT2D eigenvalue weighted by Crippen LogP contribution is 2.39. The number of nitrogens with zero attached hydrogens (tertiary/aromatic N) is 7. The molecule has 1 aliphatic heterocycles. The van der Waals surface area contributed by atoms with Gasteiger partial charge in [0.15, 0.2) is 0 Å². The molecule has 0 bridgehead atoms. The van der Waals surface area contributed by atoms with Crippen molar-refractivity contribution < 1.29 is 0 Å². The smallest absolute Gasteiger partial charge is 0.208 e. The number of hydrogen-bond donors (Lipinski definition) is 2. The molecule has 1 saturated heterocycles. The Balaban J connectivity index is 1.47. The van der Waals surface area contributed by atoms with Gasteiger partial charge in [0.2, 0.25) is 5.82 Å². The van der Waals surface area contributed by atoms with Gasteiger partial charge < -0.3 is 10.2 Å². The molecule has 3 aromatic rings. The van der Waals surface area contributed by atoms with Crippen LogP contribution in [-0.4, -0.2) is 67.4 Å². The van der Waals surface area contributed by atoms with Gasteiger partial charge in [-0.05, 0) is 67.1 Å². The van der Waals surface area contributed by atoms with Gasteiger partial charge in [0.25, 0.3) is 0 Å². The molecular formula is C26H37N9. The molecule has 0 amide bonds. The van der Waals surface area contributed by atoms with Gasteiger partial charge in [-0.2, -0.15) is 15.4 Å². The van der Waals surface area contributed by atoms with Gasteiger partial charge in [0, 0.05) is 50.1 Å². The Kier molecular flexibility index (Phi) is 7.22. The van der Waals surface area contributed by atoms with Gasteiger partial charge >= 0.3 is 0 Å².